The number of hydrogen-bond acceptors (Lipinski definition) is 15. The van der Waals surface area contributed by atoms with Crippen molar-refractivity contribution in [1.82, 2.24) is 47.4 Å². The van der Waals surface area contributed by atoms with Crippen LogP contribution in [0.1, 0.15) is 159 Å². The molecule has 0 saturated carbocycles. The van der Waals surface area contributed by atoms with Crippen LogP contribution in [-0.4, -0.2) is 166 Å². The molecule has 21 N–H and O–H groups in total. The average Bonchev–Trinajstić information content (AvgIpc) is 3.80. The Hall–Kier alpha value is -7.66. The average molecular weight is 1210 g/mol. The van der Waals surface area contributed by atoms with E-state index in [1.165, 1.54) is 4.90 Å². The van der Waals surface area contributed by atoms with Gasteiger partial charge in [-0.15, -0.1) is 0 Å². The lowest BCUT2D eigenvalue weighted by Crippen LogP contribution is -2.61. The van der Waals surface area contributed by atoms with E-state index in [1.54, 1.807) is 62.3 Å². The van der Waals surface area contributed by atoms with E-state index < -0.39 is 175 Å². The molecule has 0 spiro atoms. The predicted molar refractivity (Wildman–Crippen MR) is 314 cm³/mol. The van der Waals surface area contributed by atoms with Gasteiger partial charge in [-0.3, -0.25) is 62.5 Å². The summed E-state index contributed by atoms with van der Waals surface area (Å²) in [6, 6.07) is -13.7. The zero-order valence-electron chi connectivity index (χ0n) is 51.1. The topological polar surface area (TPSA) is 510 Å². The van der Waals surface area contributed by atoms with Crippen molar-refractivity contribution in [2.24, 2.45) is 69.0 Å². The van der Waals surface area contributed by atoms with Gasteiger partial charge in [0.2, 0.25) is 70.9 Å². The Morgan fingerprint density at radius 2 is 0.929 bits per heavy atom. The summed E-state index contributed by atoms with van der Waals surface area (Å²) >= 11 is 0. The van der Waals surface area contributed by atoms with Crippen LogP contribution < -0.4 is 76.9 Å². The van der Waals surface area contributed by atoms with Crippen LogP contribution in [0.4, 0.5) is 0 Å². The van der Waals surface area contributed by atoms with Gasteiger partial charge >= 0.3 is 5.97 Å². The molecule has 1 aliphatic rings. The van der Waals surface area contributed by atoms with Crippen LogP contribution in [0.5, 0.6) is 0 Å². The lowest BCUT2D eigenvalue weighted by molar-refractivity contribution is -0.144. The number of hydrogen-bond donors (Lipinski definition) is 15. The van der Waals surface area contributed by atoms with Crippen molar-refractivity contribution in [3.05, 3.63) is 0 Å². The Bertz CT molecular complexity index is 2350. The third-order valence-corrected chi connectivity index (χ3v) is 14.9. The van der Waals surface area contributed by atoms with Crippen LogP contribution in [0.15, 0.2) is 4.99 Å². The maximum atomic E-state index is 14.5. The number of rotatable bonds is 40. The molecule has 0 aromatic carbocycles. The van der Waals surface area contributed by atoms with Crippen LogP contribution in [0.3, 0.4) is 0 Å². The van der Waals surface area contributed by atoms with E-state index in [4.69, 9.17) is 34.4 Å². The highest BCUT2D eigenvalue weighted by Gasteiger charge is 2.42. The second-order valence-corrected chi connectivity index (χ2v) is 22.9. The Morgan fingerprint density at radius 3 is 1.40 bits per heavy atom. The van der Waals surface area contributed by atoms with Gasteiger partial charge in [-0.1, -0.05) is 88.5 Å². The predicted octanol–water partition coefficient (Wildman–Crippen LogP) is -3.04. The Balaban J connectivity index is 3.59. The second kappa shape index (κ2) is 37.6. The van der Waals surface area contributed by atoms with Crippen molar-refractivity contribution in [2.75, 3.05) is 13.1 Å². The number of aliphatic carboxylic acids is 1. The van der Waals surface area contributed by atoms with Crippen molar-refractivity contribution in [1.29, 1.82) is 0 Å². The zero-order valence-corrected chi connectivity index (χ0v) is 51.1. The zero-order chi connectivity index (χ0) is 65.0. The summed E-state index contributed by atoms with van der Waals surface area (Å²) in [5.74, 6) is -13.9. The number of nitrogens with zero attached hydrogens (tertiary/aromatic N) is 2. The number of amides is 12. The standard InChI is InChI=1S/C55H98N16O14/c1-11-29(8)42(59)51(81)66-35(24-27(4)5)48(78)64-33(18-20-39(56)72)45(75)63-34(19-21-40(57)73)47(77)69-43(30(9)12-2)52(82)67-36(26-41(58)74)49(79)68-37(25-28(6)7)53(83)71-23-15-17-38(71)50(80)65-32(16-14-22-62-55(60)61)46(76)70-44(54(84)85)31(10)13-3/h27-38,42-44H,11-26,59H2,1-10H3,(H2,56,72)(H2,57,73)(H2,58,74)(H,63,75)(H,64,78)(H,65,80)(H,66,81)(H,67,82)(H,68,79)(H,69,77)(H,70,76)(H,84,85)(H4,60,61,62)/t29-,30-,31-,32-,33-,34-,35-,36-,37-,38-,42-,43-,44-/m0/s1. The van der Waals surface area contributed by atoms with E-state index in [-0.39, 0.29) is 81.7 Å². The maximum absolute atomic E-state index is 14.5. The molecule has 0 bridgehead atoms. The van der Waals surface area contributed by atoms with Crippen molar-refractivity contribution in [3.8, 4) is 0 Å². The summed E-state index contributed by atoms with van der Waals surface area (Å²) in [5, 5.41) is 30.3. The van der Waals surface area contributed by atoms with Crippen molar-refractivity contribution >= 4 is 82.8 Å². The minimum atomic E-state index is -1.76. The molecule has 1 heterocycles. The van der Waals surface area contributed by atoms with E-state index in [0.29, 0.717) is 19.3 Å². The third-order valence-electron chi connectivity index (χ3n) is 14.9. The molecule has 13 atom stereocenters. The minimum Gasteiger partial charge on any atom is -0.480 e. The van der Waals surface area contributed by atoms with Gasteiger partial charge in [-0.05, 0) is 81.0 Å². The highest BCUT2D eigenvalue weighted by molar-refractivity contribution is 6.00. The number of carboxylic acid groups (broad SMARTS) is 1. The summed E-state index contributed by atoms with van der Waals surface area (Å²) in [5.41, 5.74) is 33.5. The monoisotopic (exact) mass is 1210 g/mol. The van der Waals surface area contributed by atoms with Crippen LogP contribution in [-0.2, 0) is 62.3 Å². The third kappa shape index (κ3) is 26.9. The molecule has 30 heteroatoms. The molecule has 0 radical (unpaired) electrons. The lowest BCUT2D eigenvalue weighted by Gasteiger charge is -2.32. The van der Waals surface area contributed by atoms with Crippen LogP contribution in [0, 0.1) is 29.6 Å². The van der Waals surface area contributed by atoms with Gasteiger partial charge in [0, 0.05) is 25.9 Å². The van der Waals surface area contributed by atoms with E-state index in [0.717, 1.165) is 0 Å². The number of primary amides is 3. The van der Waals surface area contributed by atoms with Gasteiger partial charge in [0.05, 0.1) is 12.5 Å². The van der Waals surface area contributed by atoms with Gasteiger partial charge in [0.25, 0.3) is 0 Å². The highest BCUT2D eigenvalue weighted by Crippen LogP contribution is 2.22. The van der Waals surface area contributed by atoms with Crippen molar-refractivity contribution in [2.45, 2.75) is 220 Å². The smallest absolute Gasteiger partial charge is 0.326 e. The van der Waals surface area contributed by atoms with Crippen LogP contribution in [0.25, 0.3) is 0 Å². The van der Waals surface area contributed by atoms with Crippen molar-refractivity contribution in [3.63, 3.8) is 0 Å². The molecule has 30 nitrogen and oxygen atoms in total. The maximum Gasteiger partial charge on any atom is 0.326 e. The fraction of sp³-hybridized carbons (Fsp3) is 0.745. The summed E-state index contributed by atoms with van der Waals surface area (Å²) < 4.78 is 0. The second-order valence-electron chi connectivity index (χ2n) is 22.9. The number of nitrogens with two attached hydrogens (primary N) is 6. The number of likely N-dealkylation sites (tertiary alicyclic amines) is 1. The molecule has 0 aliphatic carbocycles. The molecule has 0 aromatic heterocycles. The molecular weight excluding hydrogens is 1110 g/mol. The molecule has 12 amide bonds. The number of carbonyl (C=O) groups is 13. The van der Waals surface area contributed by atoms with Crippen LogP contribution >= 0.6 is 0 Å². The Morgan fingerprint density at radius 1 is 0.506 bits per heavy atom. The lowest BCUT2D eigenvalue weighted by atomic mass is 9.96. The number of nitrogens with one attached hydrogen (secondary N) is 8. The molecular formula is C55H98N16O14. The first kappa shape index (κ1) is 75.4. The molecule has 1 rings (SSSR count). The Labute approximate surface area is 497 Å². The first-order valence-corrected chi connectivity index (χ1v) is 29.3. The first-order valence-electron chi connectivity index (χ1n) is 29.3. The largest absolute Gasteiger partial charge is 0.480 e. The Kier molecular flexibility index (Phi) is 33.3. The first-order chi connectivity index (χ1) is 39.7. The van der Waals surface area contributed by atoms with E-state index in [9.17, 15) is 67.4 Å². The van der Waals surface area contributed by atoms with E-state index in [1.807, 2.05) is 6.92 Å². The molecule has 1 aliphatic heterocycles. The fourth-order valence-corrected chi connectivity index (χ4v) is 9.21. The fourth-order valence-electron chi connectivity index (χ4n) is 9.21. The van der Waals surface area contributed by atoms with E-state index in [2.05, 4.69) is 47.5 Å². The summed E-state index contributed by atoms with van der Waals surface area (Å²) in [6.45, 7) is 17.5. The summed E-state index contributed by atoms with van der Waals surface area (Å²) in [7, 11) is 0. The quantitative estimate of drug-likeness (QED) is 0.0165. The summed E-state index contributed by atoms with van der Waals surface area (Å²) in [4.78, 5) is 180. The van der Waals surface area contributed by atoms with Gasteiger partial charge < -0.3 is 86.9 Å². The molecule has 482 valence electrons. The number of aliphatic imine (C=N–C) groups is 1. The normalized spacial score (nSPS) is 17.3. The van der Waals surface area contributed by atoms with Crippen molar-refractivity contribution < 1.29 is 67.4 Å². The van der Waals surface area contributed by atoms with Gasteiger partial charge in [-0.2, -0.15) is 0 Å². The van der Waals surface area contributed by atoms with Crippen LogP contribution in [0.2, 0.25) is 0 Å². The number of carboxylic acids is 1. The summed E-state index contributed by atoms with van der Waals surface area (Å²) in [6.07, 6.45) is -0.523. The molecule has 1 fully saturated rings. The molecule has 0 unspecified atom stereocenters. The van der Waals surface area contributed by atoms with Gasteiger partial charge in [0.15, 0.2) is 5.96 Å². The van der Waals surface area contributed by atoms with Gasteiger partial charge in [-0.25, -0.2) is 4.79 Å². The van der Waals surface area contributed by atoms with Gasteiger partial charge in [0.1, 0.15) is 54.4 Å². The number of carbonyl (C=O) groups excluding carboxylic acids is 12. The molecule has 85 heavy (non-hydrogen) atoms. The minimum absolute atomic E-state index is 0.00608. The SMILES string of the molecule is CC[C@H](C)[C@H](N)C(=O)N[C@@H](CC(C)C)C(=O)N[C@@H](CCC(N)=O)C(=O)N[C@@H](CCC(N)=O)C(=O)N[C@H](C(=O)N[C@@H](CC(N)=O)C(=O)N[C@@H](CC(C)C)C(=O)N1CCC[C@H]1C(=O)N[C@@H](CCCN=C(N)N)C(=O)N[C@H](C(=O)O)[C@@H](C)CC)[C@@H](C)CC. The van der Waals surface area contributed by atoms with E-state index >= 15 is 0 Å². The number of guanidine groups is 1. The molecule has 0 aromatic rings. The highest BCUT2D eigenvalue weighted by atomic mass is 16.4. The molecule has 1 saturated heterocycles.